The molecule has 5 heteroatoms. The molecule has 0 saturated carbocycles. The summed E-state index contributed by atoms with van der Waals surface area (Å²) in [5.41, 5.74) is 10.5. The number of carbonyl (C=O) groups is 1. The number of furan rings is 1. The van der Waals surface area contributed by atoms with E-state index in [2.05, 4.69) is 9.97 Å². The van der Waals surface area contributed by atoms with Crippen molar-refractivity contribution in [3.63, 3.8) is 0 Å². The number of nitrogens with two attached hydrogens (primary N) is 1. The number of amides is 1. The van der Waals surface area contributed by atoms with Gasteiger partial charge in [-0.2, -0.15) is 0 Å². The number of nitrogens with zero attached hydrogens (tertiary/aromatic N) is 1. The third-order valence-corrected chi connectivity index (χ3v) is 3.78. The molecule has 2 aromatic carbocycles. The van der Waals surface area contributed by atoms with E-state index >= 15 is 0 Å². The third-order valence-electron chi connectivity index (χ3n) is 3.78. The van der Waals surface area contributed by atoms with Crippen molar-refractivity contribution >= 4 is 16.9 Å². The van der Waals surface area contributed by atoms with E-state index in [-0.39, 0.29) is 0 Å². The Labute approximate surface area is 131 Å². The lowest BCUT2D eigenvalue weighted by Crippen LogP contribution is -2.10. The summed E-state index contributed by atoms with van der Waals surface area (Å²) < 4.78 is 5.12. The van der Waals surface area contributed by atoms with Crippen LogP contribution in [0, 0.1) is 0 Å². The van der Waals surface area contributed by atoms with Gasteiger partial charge >= 0.3 is 0 Å². The molecule has 23 heavy (non-hydrogen) atoms. The Hall–Kier alpha value is -3.34. The van der Waals surface area contributed by atoms with Gasteiger partial charge in [0.05, 0.1) is 23.6 Å². The first kappa shape index (κ1) is 13.3. The molecule has 0 aliphatic carbocycles. The van der Waals surface area contributed by atoms with Crippen LogP contribution in [-0.2, 0) is 0 Å². The van der Waals surface area contributed by atoms with E-state index in [0.29, 0.717) is 5.56 Å². The number of H-pyrrole nitrogens is 1. The lowest BCUT2D eigenvalue weighted by atomic mass is 10.1. The van der Waals surface area contributed by atoms with Crippen LogP contribution in [0.3, 0.4) is 0 Å². The minimum Gasteiger partial charge on any atom is -0.472 e. The average molecular weight is 303 g/mol. The topological polar surface area (TPSA) is 84.9 Å². The highest BCUT2D eigenvalue weighted by Gasteiger charge is 2.08. The molecule has 0 radical (unpaired) electrons. The van der Waals surface area contributed by atoms with Crippen molar-refractivity contribution in [2.24, 2.45) is 5.73 Å². The van der Waals surface area contributed by atoms with Crippen LogP contribution in [0.4, 0.5) is 0 Å². The molecule has 0 aliphatic heterocycles. The molecule has 4 aromatic rings. The summed E-state index contributed by atoms with van der Waals surface area (Å²) in [5, 5.41) is 0. The van der Waals surface area contributed by atoms with Crippen LogP contribution in [0.5, 0.6) is 0 Å². The second kappa shape index (κ2) is 5.14. The predicted octanol–water partition coefficient (Wildman–Crippen LogP) is 3.59. The fourth-order valence-corrected chi connectivity index (χ4v) is 2.55. The number of primary amides is 1. The molecule has 3 N–H and O–H groups in total. The van der Waals surface area contributed by atoms with Crippen molar-refractivity contribution in [3.05, 3.63) is 66.6 Å². The first-order chi connectivity index (χ1) is 11.2. The highest BCUT2D eigenvalue weighted by atomic mass is 16.3. The van der Waals surface area contributed by atoms with Crippen molar-refractivity contribution in [2.45, 2.75) is 0 Å². The van der Waals surface area contributed by atoms with Crippen LogP contribution < -0.4 is 5.73 Å². The van der Waals surface area contributed by atoms with Crippen LogP contribution >= 0.6 is 0 Å². The molecule has 0 bridgehead atoms. The average Bonchev–Trinajstić information content (AvgIpc) is 3.23. The van der Waals surface area contributed by atoms with E-state index in [0.717, 1.165) is 33.5 Å². The van der Waals surface area contributed by atoms with Gasteiger partial charge in [0.15, 0.2) is 0 Å². The molecule has 0 atom stereocenters. The van der Waals surface area contributed by atoms with E-state index < -0.39 is 5.91 Å². The van der Waals surface area contributed by atoms with Crippen LogP contribution in [-0.4, -0.2) is 15.9 Å². The number of nitrogens with one attached hydrogen (secondary N) is 1. The second-order valence-electron chi connectivity index (χ2n) is 5.27. The fourth-order valence-electron chi connectivity index (χ4n) is 2.55. The largest absolute Gasteiger partial charge is 0.472 e. The van der Waals surface area contributed by atoms with Crippen molar-refractivity contribution in [2.75, 3.05) is 0 Å². The SMILES string of the molecule is NC(=O)c1ccc(-c2nc3ccc(-c4ccoc4)cc3[nH]2)cc1. The summed E-state index contributed by atoms with van der Waals surface area (Å²) in [6.07, 6.45) is 3.36. The van der Waals surface area contributed by atoms with E-state index in [1.165, 1.54) is 0 Å². The second-order valence-corrected chi connectivity index (χ2v) is 5.27. The standard InChI is InChI=1S/C18H13N3O2/c19-17(22)11-1-3-12(4-2-11)18-20-15-6-5-13(9-16(15)21-18)14-7-8-23-10-14/h1-10H,(H2,19,22)(H,20,21). The molecule has 0 unspecified atom stereocenters. The minimum atomic E-state index is -0.439. The molecule has 0 fully saturated rings. The Kier molecular flexibility index (Phi) is 2.98. The summed E-state index contributed by atoms with van der Waals surface area (Å²) in [6.45, 7) is 0. The Balaban J connectivity index is 1.75. The van der Waals surface area contributed by atoms with Crippen LogP contribution in [0.2, 0.25) is 0 Å². The molecular formula is C18H13N3O2. The van der Waals surface area contributed by atoms with Gasteiger partial charge in [-0.15, -0.1) is 0 Å². The first-order valence-electron chi connectivity index (χ1n) is 7.13. The number of fused-ring (bicyclic) bond motifs is 1. The number of aromatic amines is 1. The summed E-state index contributed by atoms with van der Waals surface area (Å²) in [7, 11) is 0. The summed E-state index contributed by atoms with van der Waals surface area (Å²) in [5.74, 6) is 0.311. The van der Waals surface area contributed by atoms with Crippen molar-refractivity contribution in [1.29, 1.82) is 0 Å². The molecule has 5 nitrogen and oxygen atoms in total. The van der Waals surface area contributed by atoms with Gasteiger partial charge in [-0.05, 0) is 35.9 Å². The number of hydrogen-bond acceptors (Lipinski definition) is 3. The molecule has 2 heterocycles. The molecule has 0 aliphatic rings. The van der Waals surface area contributed by atoms with Gasteiger partial charge in [0.1, 0.15) is 5.82 Å². The van der Waals surface area contributed by atoms with Gasteiger partial charge in [0.25, 0.3) is 0 Å². The predicted molar refractivity (Wildman–Crippen MR) is 87.7 cm³/mol. The maximum absolute atomic E-state index is 11.1. The van der Waals surface area contributed by atoms with Gasteiger partial charge in [0, 0.05) is 16.7 Å². The number of rotatable bonds is 3. The smallest absolute Gasteiger partial charge is 0.248 e. The Bertz CT molecular complexity index is 983. The Morgan fingerprint density at radius 3 is 2.48 bits per heavy atom. The van der Waals surface area contributed by atoms with E-state index in [9.17, 15) is 4.79 Å². The number of aromatic nitrogens is 2. The monoisotopic (exact) mass is 303 g/mol. The molecule has 2 aromatic heterocycles. The zero-order chi connectivity index (χ0) is 15.8. The van der Waals surface area contributed by atoms with Gasteiger partial charge < -0.3 is 15.1 Å². The van der Waals surface area contributed by atoms with Gasteiger partial charge in [-0.25, -0.2) is 4.98 Å². The highest BCUT2D eigenvalue weighted by molar-refractivity contribution is 5.93. The van der Waals surface area contributed by atoms with Crippen LogP contribution in [0.15, 0.2) is 65.5 Å². The zero-order valence-corrected chi connectivity index (χ0v) is 12.1. The van der Waals surface area contributed by atoms with Crippen molar-refractivity contribution in [1.82, 2.24) is 9.97 Å². The third kappa shape index (κ3) is 2.38. The highest BCUT2D eigenvalue weighted by Crippen LogP contribution is 2.26. The molecule has 1 amide bonds. The van der Waals surface area contributed by atoms with Gasteiger partial charge in [-0.3, -0.25) is 4.79 Å². The normalized spacial score (nSPS) is 11.0. The van der Waals surface area contributed by atoms with E-state index in [4.69, 9.17) is 10.2 Å². The first-order valence-corrected chi connectivity index (χ1v) is 7.13. The number of benzene rings is 2. The quantitative estimate of drug-likeness (QED) is 0.606. The van der Waals surface area contributed by atoms with Gasteiger partial charge in [-0.1, -0.05) is 18.2 Å². The summed E-state index contributed by atoms with van der Waals surface area (Å²) in [6, 6.07) is 15.0. The lowest BCUT2D eigenvalue weighted by molar-refractivity contribution is 0.100. The van der Waals surface area contributed by atoms with Crippen molar-refractivity contribution < 1.29 is 9.21 Å². The number of imidazole rings is 1. The maximum Gasteiger partial charge on any atom is 0.248 e. The van der Waals surface area contributed by atoms with Crippen LogP contribution in [0.25, 0.3) is 33.5 Å². The lowest BCUT2D eigenvalue weighted by Gasteiger charge is -1.98. The fraction of sp³-hybridized carbons (Fsp3) is 0. The number of hydrogen-bond donors (Lipinski definition) is 2. The minimum absolute atomic E-state index is 0.439. The molecular weight excluding hydrogens is 290 g/mol. The molecule has 112 valence electrons. The van der Waals surface area contributed by atoms with Gasteiger partial charge in [0.2, 0.25) is 5.91 Å². The summed E-state index contributed by atoms with van der Waals surface area (Å²) >= 11 is 0. The maximum atomic E-state index is 11.1. The van der Waals surface area contributed by atoms with Crippen LogP contribution in [0.1, 0.15) is 10.4 Å². The van der Waals surface area contributed by atoms with Crippen molar-refractivity contribution in [3.8, 4) is 22.5 Å². The molecule has 0 spiro atoms. The van der Waals surface area contributed by atoms with E-state index in [1.807, 2.05) is 36.4 Å². The molecule has 0 saturated heterocycles. The number of carbonyl (C=O) groups excluding carboxylic acids is 1. The Morgan fingerprint density at radius 2 is 1.78 bits per heavy atom. The Morgan fingerprint density at radius 1 is 1.00 bits per heavy atom. The molecule has 4 rings (SSSR count). The zero-order valence-electron chi connectivity index (χ0n) is 12.1. The summed E-state index contributed by atoms with van der Waals surface area (Å²) in [4.78, 5) is 19.0. The van der Waals surface area contributed by atoms with E-state index in [1.54, 1.807) is 24.7 Å².